The summed E-state index contributed by atoms with van der Waals surface area (Å²) < 4.78 is 5.46. The van der Waals surface area contributed by atoms with Gasteiger partial charge in [-0.25, -0.2) is 0 Å². The highest BCUT2D eigenvalue weighted by Gasteiger charge is 2.53. The number of oxime groups is 1. The summed E-state index contributed by atoms with van der Waals surface area (Å²) in [5.41, 5.74) is 4.67. The van der Waals surface area contributed by atoms with E-state index in [2.05, 4.69) is 43.9 Å². The maximum Gasteiger partial charge on any atom is 0.129 e. The highest BCUT2D eigenvalue weighted by atomic mass is 16.6. The molecule has 1 aromatic carbocycles. The van der Waals surface area contributed by atoms with Crippen molar-refractivity contribution in [1.82, 2.24) is 4.90 Å². The Hall–Kier alpha value is -1.55. The Balaban J connectivity index is 1.45. The number of rotatable bonds is 7. The van der Waals surface area contributed by atoms with Gasteiger partial charge in [0.1, 0.15) is 12.4 Å². The third-order valence-electron chi connectivity index (χ3n) is 8.24. The second kappa shape index (κ2) is 8.67. The molecule has 0 bridgehead atoms. The molecule has 1 aromatic rings. The monoisotopic (exact) mass is 398 g/mol. The van der Waals surface area contributed by atoms with Crippen LogP contribution >= 0.6 is 0 Å². The number of ether oxygens (including phenoxy) is 1. The molecule has 4 heteroatoms. The Morgan fingerprint density at radius 1 is 1.14 bits per heavy atom. The minimum Gasteiger partial charge on any atom is -0.497 e. The number of aryl methyl sites for hydroxylation is 1. The van der Waals surface area contributed by atoms with Crippen molar-refractivity contribution in [3.05, 3.63) is 29.3 Å². The van der Waals surface area contributed by atoms with E-state index in [9.17, 15) is 0 Å². The minimum absolute atomic E-state index is 0.236. The predicted molar refractivity (Wildman–Crippen MR) is 119 cm³/mol. The van der Waals surface area contributed by atoms with Crippen LogP contribution in [-0.4, -0.2) is 44.0 Å². The van der Waals surface area contributed by atoms with Crippen LogP contribution in [-0.2, 0) is 11.3 Å². The highest BCUT2D eigenvalue weighted by molar-refractivity contribution is 5.92. The zero-order chi connectivity index (χ0) is 20.4. The van der Waals surface area contributed by atoms with E-state index in [1.807, 2.05) is 0 Å². The average Bonchev–Trinajstić information content (AvgIpc) is 3.09. The van der Waals surface area contributed by atoms with E-state index in [-0.39, 0.29) is 5.41 Å². The zero-order valence-electron chi connectivity index (χ0n) is 18.7. The van der Waals surface area contributed by atoms with Crippen molar-refractivity contribution >= 4 is 5.71 Å². The summed E-state index contributed by atoms with van der Waals surface area (Å²) in [4.78, 5) is 8.20. The SMILES string of the molecule is CCN(CC)CCO/N=C1\CCC2C3CCc4cc(OC)ccc4C3CCC12C. The van der Waals surface area contributed by atoms with Crippen LogP contribution in [0.2, 0.25) is 0 Å². The van der Waals surface area contributed by atoms with E-state index in [1.54, 1.807) is 12.7 Å². The molecule has 0 aromatic heterocycles. The summed E-state index contributed by atoms with van der Waals surface area (Å²) in [6, 6.07) is 6.76. The summed E-state index contributed by atoms with van der Waals surface area (Å²) in [6.07, 6.45) is 7.40. The van der Waals surface area contributed by atoms with Crippen LogP contribution in [0.25, 0.3) is 0 Å². The summed E-state index contributed by atoms with van der Waals surface area (Å²) in [5, 5.41) is 4.70. The number of methoxy groups -OCH3 is 1. The van der Waals surface area contributed by atoms with Crippen molar-refractivity contribution in [2.75, 3.05) is 33.4 Å². The van der Waals surface area contributed by atoms with E-state index in [4.69, 9.17) is 14.7 Å². The van der Waals surface area contributed by atoms with Gasteiger partial charge in [0.05, 0.1) is 12.8 Å². The molecule has 0 aliphatic heterocycles. The van der Waals surface area contributed by atoms with Crippen molar-refractivity contribution in [2.24, 2.45) is 22.4 Å². The summed E-state index contributed by atoms with van der Waals surface area (Å²) in [5.74, 6) is 3.25. The van der Waals surface area contributed by atoms with Crippen molar-refractivity contribution in [3.8, 4) is 5.75 Å². The molecule has 3 aliphatic carbocycles. The van der Waals surface area contributed by atoms with Gasteiger partial charge in [0.15, 0.2) is 0 Å². The summed E-state index contributed by atoms with van der Waals surface area (Å²) in [7, 11) is 1.77. The van der Waals surface area contributed by atoms with E-state index < -0.39 is 0 Å². The van der Waals surface area contributed by atoms with Crippen LogP contribution in [0.15, 0.2) is 23.4 Å². The smallest absolute Gasteiger partial charge is 0.129 e. The van der Waals surface area contributed by atoms with Crippen molar-refractivity contribution in [1.29, 1.82) is 0 Å². The average molecular weight is 399 g/mol. The molecule has 0 spiro atoms. The Kier molecular flexibility index (Phi) is 6.19. The first-order valence-electron chi connectivity index (χ1n) is 11.7. The molecule has 4 nitrogen and oxygen atoms in total. The lowest BCUT2D eigenvalue weighted by Crippen LogP contribution is -2.42. The van der Waals surface area contributed by atoms with Gasteiger partial charge in [0.2, 0.25) is 0 Å². The zero-order valence-corrected chi connectivity index (χ0v) is 18.7. The molecule has 3 aliphatic rings. The predicted octanol–water partition coefficient (Wildman–Crippen LogP) is 5.27. The molecular formula is C25H38N2O2. The first-order valence-corrected chi connectivity index (χ1v) is 11.7. The fourth-order valence-electron chi connectivity index (χ4n) is 6.46. The quantitative estimate of drug-likeness (QED) is 0.464. The molecule has 4 atom stereocenters. The topological polar surface area (TPSA) is 34.1 Å². The van der Waals surface area contributed by atoms with E-state index in [0.29, 0.717) is 12.5 Å². The number of benzene rings is 1. The van der Waals surface area contributed by atoms with Crippen molar-refractivity contribution < 1.29 is 9.57 Å². The van der Waals surface area contributed by atoms with E-state index in [1.165, 1.54) is 43.4 Å². The fraction of sp³-hybridized carbons (Fsp3) is 0.720. The third kappa shape index (κ3) is 3.81. The molecule has 2 saturated carbocycles. The second-order valence-electron chi connectivity index (χ2n) is 9.37. The van der Waals surface area contributed by atoms with Crippen LogP contribution in [0.4, 0.5) is 0 Å². The van der Waals surface area contributed by atoms with Crippen LogP contribution in [0.1, 0.15) is 69.9 Å². The molecule has 4 unspecified atom stereocenters. The Bertz CT molecular complexity index is 742. The fourth-order valence-corrected chi connectivity index (χ4v) is 6.46. The second-order valence-corrected chi connectivity index (χ2v) is 9.37. The molecule has 0 amide bonds. The van der Waals surface area contributed by atoms with Gasteiger partial charge in [-0.15, -0.1) is 0 Å². The summed E-state index contributed by atoms with van der Waals surface area (Å²) >= 11 is 0. The Labute approximate surface area is 176 Å². The van der Waals surface area contributed by atoms with E-state index in [0.717, 1.165) is 43.6 Å². The molecule has 0 heterocycles. The van der Waals surface area contributed by atoms with Gasteiger partial charge < -0.3 is 14.5 Å². The normalized spacial score (nSPS) is 32.0. The first-order chi connectivity index (χ1) is 14.1. The lowest BCUT2D eigenvalue weighted by molar-refractivity contribution is 0.0850. The van der Waals surface area contributed by atoms with E-state index >= 15 is 0 Å². The maximum atomic E-state index is 5.82. The number of hydrogen-bond donors (Lipinski definition) is 0. The van der Waals surface area contributed by atoms with Crippen LogP contribution in [0, 0.1) is 17.3 Å². The van der Waals surface area contributed by atoms with Gasteiger partial charge in [-0.1, -0.05) is 32.0 Å². The molecule has 160 valence electrons. The standard InChI is InChI=1S/C25H38N2O2/c1-5-27(6-2)15-16-29-26-24-12-11-23-22-9-7-18-17-19(28-4)8-10-20(18)21(22)13-14-25(23,24)3/h8,10,17,21-23H,5-7,9,11-16H2,1-4H3/b26-24+. The van der Waals surface area contributed by atoms with Crippen LogP contribution in [0.3, 0.4) is 0 Å². The number of nitrogens with zero attached hydrogens (tertiary/aromatic N) is 2. The summed E-state index contributed by atoms with van der Waals surface area (Å²) in [6.45, 7) is 10.7. The Morgan fingerprint density at radius 3 is 2.72 bits per heavy atom. The molecule has 29 heavy (non-hydrogen) atoms. The van der Waals surface area contributed by atoms with Crippen LogP contribution < -0.4 is 4.74 Å². The molecule has 0 N–H and O–H groups in total. The molecular weight excluding hydrogens is 360 g/mol. The van der Waals surface area contributed by atoms with Crippen molar-refractivity contribution in [2.45, 2.75) is 65.2 Å². The van der Waals surface area contributed by atoms with Crippen molar-refractivity contribution in [3.63, 3.8) is 0 Å². The lowest BCUT2D eigenvalue weighted by Gasteiger charge is -2.49. The van der Waals surface area contributed by atoms with Gasteiger partial charge in [-0.2, -0.15) is 0 Å². The first kappa shape index (κ1) is 20.7. The van der Waals surface area contributed by atoms with Gasteiger partial charge in [-0.05, 0) is 92.6 Å². The van der Waals surface area contributed by atoms with Crippen LogP contribution in [0.5, 0.6) is 5.75 Å². The molecule has 2 fully saturated rings. The van der Waals surface area contributed by atoms with Gasteiger partial charge in [0.25, 0.3) is 0 Å². The van der Waals surface area contributed by atoms with Gasteiger partial charge in [0, 0.05) is 12.0 Å². The number of fused-ring (bicyclic) bond motifs is 5. The van der Waals surface area contributed by atoms with Gasteiger partial charge in [-0.3, -0.25) is 0 Å². The molecule has 0 radical (unpaired) electrons. The highest BCUT2D eigenvalue weighted by Crippen LogP contribution is 2.60. The maximum absolute atomic E-state index is 5.82. The van der Waals surface area contributed by atoms with Gasteiger partial charge >= 0.3 is 0 Å². The number of likely N-dealkylation sites (N-methyl/N-ethyl adjacent to an activating group) is 1. The largest absolute Gasteiger partial charge is 0.497 e. The Morgan fingerprint density at radius 2 is 1.97 bits per heavy atom. The minimum atomic E-state index is 0.236. The lowest BCUT2D eigenvalue weighted by atomic mass is 9.55. The third-order valence-corrected chi connectivity index (χ3v) is 8.24. The molecule has 0 saturated heterocycles. The molecule has 4 rings (SSSR count). The number of hydrogen-bond acceptors (Lipinski definition) is 4.